The number of aromatic nitrogens is 3. The van der Waals surface area contributed by atoms with E-state index in [2.05, 4.69) is 10.1 Å². The van der Waals surface area contributed by atoms with E-state index >= 15 is 0 Å². The molecule has 0 radical (unpaired) electrons. The third-order valence-corrected chi connectivity index (χ3v) is 0.982. The van der Waals surface area contributed by atoms with Gasteiger partial charge in [0.15, 0.2) is 5.82 Å². The van der Waals surface area contributed by atoms with Gasteiger partial charge in [-0.15, -0.1) is 0 Å². The van der Waals surface area contributed by atoms with Gasteiger partial charge in [-0.2, -0.15) is 5.10 Å². The minimum absolute atomic E-state index is 0.115. The molecule has 1 aromatic rings. The van der Waals surface area contributed by atoms with E-state index in [0.29, 0.717) is 12.2 Å². The van der Waals surface area contributed by atoms with Crippen LogP contribution in [0.2, 0.25) is 0 Å². The summed E-state index contributed by atoms with van der Waals surface area (Å²) in [6.45, 7) is 0.115. The molecular weight excluding hydrogens is 118 g/mol. The molecule has 0 saturated heterocycles. The second kappa shape index (κ2) is 2.59. The molecule has 50 valence electrons. The summed E-state index contributed by atoms with van der Waals surface area (Å²) < 4.78 is 1.62. The van der Waals surface area contributed by atoms with Crippen LogP contribution in [0.5, 0.6) is 0 Å². The van der Waals surface area contributed by atoms with Crippen LogP contribution in [0.3, 0.4) is 0 Å². The lowest BCUT2D eigenvalue weighted by Crippen LogP contribution is -1.94. The Hall–Kier alpha value is -0.900. The lowest BCUT2D eigenvalue weighted by atomic mass is 10.4. The summed E-state index contributed by atoms with van der Waals surface area (Å²) >= 11 is 0. The molecule has 0 fully saturated rings. The van der Waals surface area contributed by atoms with Gasteiger partial charge < -0.3 is 5.11 Å². The number of aryl methyl sites for hydroxylation is 1. The lowest BCUT2D eigenvalue weighted by Gasteiger charge is -1.85. The lowest BCUT2D eigenvalue weighted by molar-refractivity contribution is 0.296. The van der Waals surface area contributed by atoms with E-state index in [4.69, 9.17) is 5.11 Å². The van der Waals surface area contributed by atoms with Crippen molar-refractivity contribution in [2.75, 3.05) is 6.61 Å². The summed E-state index contributed by atoms with van der Waals surface area (Å²) in [6.07, 6.45) is 2.16. The Morgan fingerprint density at radius 2 is 2.56 bits per heavy atom. The molecule has 1 N–H and O–H groups in total. The van der Waals surface area contributed by atoms with Crippen molar-refractivity contribution in [3.05, 3.63) is 12.2 Å². The molecule has 0 unspecified atom stereocenters. The van der Waals surface area contributed by atoms with E-state index in [-0.39, 0.29) is 6.61 Å². The SMILES string of the molecule is Cn1cnc(CCO)n1. The first-order valence-corrected chi connectivity index (χ1v) is 2.78. The van der Waals surface area contributed by atoms with E-state index in [1.807, 2.05) is 0 Å². The van der Waals surface area contributed by atoms with Crippen LogP contribution < -0.4 is 0 Å². The second-order valence-electron chi connectivity index (χ2n) is 1.81. The molecule has 1 heterocycles. The average molecular weight is 127 g/mol. The van der Waals surface area contributed by atoms with E-state index in [0.717, 1.165) is 0 Å². The summed E-state index contributed by atoms with van der Waals surface area (Å²) in [6, 6.07) is 0. The number of hydrogen-bond donors (Lipinski definition) is 1. The van der Waals surface area contributed by atoms with Crippen molar-refractivity contribution in [1.29, 1.82) is 0 Å². The van der Waals surface area contributed by atoms with Crippen LogP contribution in [0.1, 0.15) is 5.82 Å². The summed E-state index contributed by atoms with van der Waals surface area (Å²) in [4.78, 5) is 3.90. The van der Waals surface area contributed by atoms with Crippen LogP contribution >= 0.6 is 0 Å². The molecular formula is C5H9N3O. The fourth-order valence-corrected chi connectivity index (χ4v) is 0.598. The zero-order valence-electron chi connectivity index (χ0n) is 5.28. The zero-order chi connectivity index (χ0) is 6.69. The minimum atomic E-state index is 0.115. The highest BCUT2D eigenvalue weighted by Gasteiger charge is 1.94. The molecule has 0 saturated carbocycles. The van der Waals surface area contributed by atoms with Crippen LogP contribution in [-0.2, 0) is 13.5 Å². The van der Waals surface area contributed by atoms with Gasteiger partial charge in [-0.1, -0.05) is 0 Å². The van der Waals surface area contributed by atoms with E-state index < -0.39 is 0 Å². The number of aliphatic hydroxyl groups is 1. The van der Waals surface area contributed by atoms with Crippen LogP contribution in [0.25, 0.3) is 0 Å². The van der Waals surface area contributed by atoms with Gasteiger partial charge in [-0.05, 0) is 0 Å². The molecule has 4 heteroatoms. The highest BCUT2D eigenvalue weighted by Crippen LogP contribution is 1.86. The number of hydrogen-bond acceptors (Lipinski definition) is 3. The third-order valence-electron chi connectivity index (χ3n) is 0.982. The molecule has 0 aliphatic carbocycles. The van der Waals surface area contributed by atoms with Gasteiger partial charge in [0.1, 0.15) is 6.33 Å². The van der Waals surface area contributed by atoms with Crippen molar-refractivity contribution in [3.8, 4) is 0 Å². The van der Waals surface area contributed by atoms with Crippen LogP contribution in [0, 0.1) is 0 Å². The Morgan fingerprint density at radius 3 is 3.00 bits per heavy atom. The minimum Gasteiger partial charge on any atom is -0.396 e. The maximum Gasteiger partial charge on any atom is 0.152 e. The molecule has 0 aromatic carbocycles. The summed E-state index contributed by atoms with van der Waals surface area (Å²) in [5.41, 5.74) is 0. The van der Waals surface area contributed by atoms with Crippen LogP contribution in [0.15, 0.2) is 6.33 Å². The first-order valence-electron chi connectivity index (χ1n) is 2.78. The molecule has 0 atom stereocenters. The predicted octanol–water partition coefficient (Wildman–Crippen LogP) is -0.650. The fraction of sp³-hybridized carbons (Fsp3) is 0.600. The van der Waals surface area contributed by atoms with Crippen molar-refractivity contribution < 1.29 is 5.11 Å². The van der Waals surface area contributed by atoms with Gasteiger partial charge in [-0.25, -0.2) is 4.98 Å². The molecule has 0 spiro atoms. The van der Waals surface area contributed by atoms with E-state index in [1.165, 1.54) is 0 Å². The monoisotopic (exact) mass is 127 g/mol. The largest absolute Gasteiger partial charge is 0.396 e. The highest BCUT2D eigenvalue weighted by molar-refractivity contribution is 4.80. The van der Waals surface area contributed by atoms with Crippen LogP contribution in [0.4, 0.5) is 0 Å². The van der Waals surface area contributed by atoms with E-state index in [1.54, 1.807) is 18.1 Å². The first kappa shape index (κ1) is 6.22. The highest BCUT2D eigenvalue weighted by atomic mass is 16.3. The number of aliphatic hydroxyl groups excluding tert-OH is 1. The van der Waals surface area contributed by atoms with Crippen molar-refractivity contribution in [2.45, 2.75) is 6.42 Å². The number of rotatable bonds is 2. The Bertz CT molecular complexity index is 184. The summed E-state index contributed by atoms with van der Waals surface area (Å²) in [5, 5.41) is 12.4. The average Bonchev–Trinajstić information content (AvgIpc) is 2.17. The van der Waals surface area contributed by atoms with Crippen molar-refractivity contribution in [3.63, 3.8) is 0 Å². The smallest absolute Gasteiger partial charge is 0.152 e. The molecule has 1 aromatic heterocycles. The van der Waals surface area contributed by atoms with E-state index in [9.17, 15) is 0 Å². The molecule has 0 bridgehead atoms. The normalized spacial score (nSPS) is 10.0. The van der Waals surface area contributed by atoms with Gasteiger partial charge >= 0.3 is 0 Å². The Kier molecular flexibility index (Phi) is 1.79. The quantitative estimate of drug-likeness (QED) is 0.574. The first-order chi connectivity index (χ1) is 4.33. The van der Waals surface area contributed by atoms with Crippen molar-refractivity contribution in [2.24, 2.45) is 7.05 Å². The molecule has 0 aliphatic heterocycles. The van der Waals surface area contributed by atoms with Gasteiger partial charge in [0.2, 0.25) is 0 Å². The zero-order valence-corrected chi connectivity index (χ0v) is 5.28. The van der Waals surface area contributed by atoms with Crippen molar-refractivity contribution >= 4 is 0 Å². The predicted molar refractivity (Wildman–Crippen MR) is 31.8 cm³/mol. The maximum absolute atomic E-state index is 8.44. The Morgan fingerprint density at radius 1 is 1.78 bits per heavy atom. The number of nitrogens with zero attached hydrogens (tertiary/aromatic N) is 3. The molecule has 0 aliphatic rings. The Balaban J connectivity index is 2.61. The standard InChI is InChI=1S/C5H9N3O/c1-8-4-6-5(7-8)2-3-9/h4,9H,2-3H2,1H3. The second-order valence-corrected chi connectivity index (χ2v) is 1.81. The Labute approximate surface area is 53.1 Å². The molecule has 0 amide bonds. The van der Waals surface area contributed by atoms with Gasteiger partial charge in [0.05, 0.1) is 6.61 Å². The van der Waals surface area contributed by atoms with Gasteiger partial charge in [0.25, 0.3) is 0 Å². The fourth-order valence-electron chi connectivity index (χ4n) is 0.598. The third kappa shape index (κ3) is 1.50. The maximum atomic E-state index is 8.44. The summed E-state index contributed by atoms with van der Waals surface area (Å²) in [7, 11) is 1.80. The molecule has 1 rings (SSSR count). The molecule has 4 nitrogen and oxygen atoms in total. The topological polar surface area (TPSA) is 50.9 Å². The molecule has 9 heavy (non-hydrogen) atoms. The van der Waals surface area contributed by atoms with Crippen molar-refractivity contribution in [1.82, 2.24) is 14.8 Å². The summed E-state index contributed by atoms with van der Waals surface area (Å²) in [5.74, 6) is 0.694. The van der Waals surface area contributed by atoms with Gasteiger partial charge in [-0.3, -0.25) is 4.68 Å². The van der Waals surface area contributed by atoms with Gasteiger partial charge in [0, 0.05) is 13.5 Å². The van der Waals surface area contributed by atoms with Crippen LogP contribution in [-0.4, -0.2) is 26.5 Å².